The Bertz CT molecular complexity index is 1280. The van der Waals surface area contributed by atoms with Crippen molar-refractivity contribution in [3.8, 4) is 16.6 Å². The van der Waals surface area contributed by atoms with Crippen molar-refractivity contribution in [2.75, 3.05) is 0 Å². The largest absolute Gasteiger partial charge is 0.479 e. The number of nitriles is 2. The molecule has 0 saturated heterocycles. The minimum atomic E-state index is -2.26. The zero-order valence-electron chi connectivity index (χ0n) is 16.9. The fourth-order valence-electron chi connectivity index (χ4n) is 2.74. The van der Waals surface area contributed by atoms with Gasteiger partial charge in [-0.05, 0) is 30.0 Å². The number of benzene rings is 2. The standard InChI is InChI=1S/C20H13ClF2N6O3S2/c21-14-4-2-1-3-13(14)17(32-16-6-5-12(22)7-15(16)23)20(26,34-9-25)18(30)31-11-29-19(33-8-24)27-10-28-29/h1-7,10,17H,11,26H2/t17-,20-/m0/s1. The van der Waals surface area contributed by atoms with Crippen LogP contribution in [-0.4, -0.2) is 25.6 Å². The topological polar surface area (TPSA) is 140 Å². The summed E-state index contributed by atoms with van der Waals surface area (Å²) in [6, 6.07) is 8.69. The number of carbonyl (C=O) groups is 1. The summed E-state index contributed by atoms with van der Waals surface area (Å²) in [5.41, 5.74) is 6.49. The third kappa shape index (κ3) is 5.58. The van der Waals surface area contributed by atoms with Gasteiger partial charge in [-0.2, -0.15) is 15.6 Å². The molecule has 0 radical (unpaired) electrons. The van der Waals surface area contributed by atoms with Crippen LogP contribution in [0, 0.1) is 33.0 Å². The number of thiocyanates is 2. The molecule has 2 N–H and O–H groups in total. The zero-order chi connectivity index (χ0) is 24.7. The van der Waals surface area contributed by atoms with E-state index in [4.69, 9.17) is 32.1 Å². The minimum Gasteiger partial charge on any atom is -0.479 e. The van der Waals surface area contributed by atoms with E-state index < -0.39 is 41.1 Å². The first kappa shape index (κ1) is 25.3. The summed E-state index contributed by atoms with van der Waals surface area (Å²) in [4.78, 5) is 14.7. The first-order valence-electron chi connectivity index (χ1n) is 9.13. The van der Waals surface area contributed by atoms with E-state index in [9.17, 15) is 18.8 Å². The van der Waals surface area contributed by atoms with Crippen LogP contribution < -0.4 is 10.5 Å². The lowest BCUT2D eigenvalue weighted by atomic mass is 10.0. The van der Waals surface area contributed by atoms with Gasteiger partial charge >= 0.3 is 5.97 Å². The molecule has 9 nitrogen and oxygen atoms in total. The highest BCUT2D eigenvalue weighted by atomic mass is 35.5. The van der Waals surface area contributed by atoms with E-state index in [1.165, 1.54) is 12.1 Å². The van der Waals surface area contributed by atoms with Crippen molar-refractivity contribution in [2.24, 2.45) is 5.73 Å². The van der Waals surface area contributed by atoms with Crippen LogP contribution in [-0.2, 0) is 16.3 Å². The number of esters is 1. The van der Waals surface area contributed by atoms with Crippen LogP contribution in [0.15, 0.2) is 53.9 Å². The van der Waals surface area contributed by atoms with Gasteiger partial charge in [-0.3, -0.25) is 0 Å². The van der Waals surface area contributed by atoms with E-state index in [1.54, 1.807) is 17.5 Å². The van der Waals surface area contributed by atoms with Gasteiger partial charge in [-0.1, -0.05) is 29.8 Å². The fraction of sp³-hybridized carbons (Fsp3) is 0.150. The number of hydrogen-bond acceptors (Lipinski definition) is 10. The van der Waals surface area contributed by atoms with E-state index in [1.807, 2.05) is 5.40 Å². The molecule has 0 unspecified atom stereocenters. The highest BCUT2D eigenvalue weighted by Gasteiger charge is 2.49. The Balaban J connectivity index is 1.99. The number of aromatic nitrogens is 3. The summed E-state index contributed by atoms with van der Waals surface area (Å²) in [6.45, 7) is -0.492. The van der Waals surface area contributed by atoms with Gasteiger partial charge in [0.25, 0.3) is 0 Å². The van der Waals surface area contributed by atoms with Gasteiger partial charge in [0, 0.05) is 28.4 Å². The normalized spacial score (nSPS) is 13.2. The lowest BCUT2D eigenvalue weighted by Crippen LogP contribution is -2.53. The van der Waals surface area contributed by atoms with Crippen molar-refractivity contribution in [3.63, 3.8) is 0 Å². The van der Waals surface area contributed by atoms with Crippen LogP contribution in [0.1, 0.15) is 11.7 Å². The number of hydrogen-bond donors (Lipinski definition) is 1. The van der Waals surface area contributed by atoms with Gasteiger partial charge < -0.3 is 15.2 Å². The first-order chi connectivity index (χ1) is 16.3. The smallest absolute Gasteiger partial charge is 0.343 e. The average molecular weight is 523 g/mol. The second-order valence-electron chi connectivity index (χ2n) is 6.38. The molecule has 0 saturated carbocycles. The predicted octanol–water partition coefficient (Wildman–Crippen LogP) is 3.97. The molecule has 3 rings (SSSR count). The van der Waals surface area contributed by atoms with Crippen LogP contribution >= 0.6 is 35.1 Å². The summed E-state index contributed by atoms with van der Waals surface area (Å²) in [5.74, 6) is -3.47. The van der Waals surface area contributed by atoms with E-state index in [0.717, 1.165) is 23.1 Å². The zero-order valence-corrected chi connectivity index (χ0v) is 19.3. The van der Waals surface area contributed by atoms with Crippen LogP contribution in [0.2, 0.25) is 5.02 Å². The number of thioether (sulfide) groups is 2. The molecule has 1 heterocycles. The molecule has 174 valence electrons. The molecule has 14 heteroatoms. The summed E-state index contributed by atoms with van der Waals surface area (Å²) < 4.78 is 39.8. The Morgan fingerprint density at radius 1 is 1.26 bits per heavy atom. The van der Waals surface area contributed by atoms with E-state index >= 15 is 0 Å². The maximum absolute atomic E-state index is 14.4. The van der Waals surface area contributed by atoms with Crippen LogP contribution in [0.3, 0.4) is 0 Å². The molecule has 0 amide bonds. The highest BCUT2D eigenvalue weighted by molar-refractivity contribution is 8.05. The van der Waals surface area contributed by atoms with Crippen molar-refractivity contribution in [1.82, 2.24) is 14.8 Å². The van der Waals surface area contributed by atoms with Crippen molar-refractivity contribution in [1.29, 1.82) is 10.5 Å². The molecule has 3 aromatic rings. The van der Waals surface area contributed by atoms with Gasteiger partial charge in [0.15, 0.2) is 24.4 Å². The molecule has 0 aliphatic heterocycles. The molecule has 0 bridgehead atoms. The lowest BCUT2D eigenvalue weighted by molar-refractivity contribution is -0.154. The Morgan fingerprint density at radius 3 is 2.71 bits per heavy atom. The SMILES string of the molecule is N#CSc1ncnn1COC(=O)[C@@](N)(SC#N)[C@@H](Oc1ccc(F)cc1F)c1ccccc1Cl. The number of carbonyl (C=O) groups excluding carboxylic acids is 1. The van der Waals surface area contributed by atoms with Crippen molar-refractivity contribution in [2.45, 2.75) is 22.9 Å². The second kappa shape index (κ2) is 11.2. The maximum Gasteiger partial charge on any atom is 0.343 e. The van der Waals surface area contributed by atoms with E-state index in [0.29, 0.717) is 29.6 Å². The van der Waals surface area contributed by atoms with Crippen LogP contribution in [0.25, 0.3) is 0 Å². The Kier molecular flexibility index (Phi) is 8.31. The molecule has 2 aromatic carbocycles. The quantitative estimate of drug-likeness (QED) is 0.190. The van der Waals surface area contributed by atoms with Gasteiger partial charge in [0.2, 0.25) is 10.0 Å². The summed E-state index contributed by atoms with van der Waals surface area (Å²) >= 11 is 7.28. The number of rotatable bonds is 9. The third-order valence-electron chi connectivity index (χ3n) is 4.28. The summed E-state index contributed by atoms with van der Waals surface area (Å²) in [7, 11) is 0. The highest BCUT2D eigenvalue weighted by Crippen LogP contribution is 2.41. The summed E-state index contributed by atoms with van der Waals surface area (Å²) in [6.07, 6.45) is -0.387. The maximum atomic E-state index is 14.4. The minimum absolute atomic E-state index is 0.111. The first-order valence-corrected chi connectivity index (χ1v) is 11.1. The number of nitrogens with two attached hydrogens (primary N) is 1. The van der Waals surface area contributed by atoms with Crippen molar-refractivity contribution >= 4 is 41.1 Å². The molecule has 0 fully saturated rings. The molecule has 2 atom stereocenters. The van der Waals surface area contributed by atoms with Gasteiger partial charge in [0.05, 0.1) is 0 Å². The molecule has 0 spiro atoms. The van der Waals surface area contributed by atoms with E-state index in [2.05, 4.69) is 10.1 Å². The average Bonchev–Trinajstić information content (AvgIpc) is 3.25. The fourth-order valence-corrected chi connectivity index (χ4v) is 3.94. The monoisotopic (exact) mass is 522 g/mol. The lowest BCUT2D eigenvalue weighted by Gasteiger charge is -2.33. The van der Waals surface area contributed by atoms with Crippen molar-refractivity contribution < 1.29 is 23.0 Å². The van der Waals surface area contributed by atoms with Gasteiger partial charge in [0.1, 0.15) is 22.9 Å². The van der Waals surface area contributed by atoms with Gasteiger partial charge in [-0.25, -0.2) is 23.2 Å². The Morgan fingerprint density at radius 2 is 2.03 bits per heavy atom. The van der Waals surface area contributed by atoms with Crippen LogP contribution in [0.5, 0.6) is 5.75 Å². The molecule has 0 aliphatic rings. The Labute approximate surface area is 205 Å². The summed E-state index contributed by atoms with van der Waals surface area (Å²) in [5, 5.41) is 25.9. The number of nitrogens with zero attached hydrogens (tertiary/aromatic N) is 5. The molecule has 0 aliphatic carbocycles. The number of ether oxygens (including phenoxy) is 2. The van der Waals surface area contributed by atoms with Crippen LogP contribution in [0.4, 0.5) is 8.78 Å². The molecule has 34 heavy (non-hydrogen) atoms. The molecule has 1 aromatic heterocycles. The van der Waals surface area contributed by atoms with Crippen molar-refractivity contribution in [3.05, 3.63) is 71.0 Å². The third-order valence-corrected chi connectivity index (χ3v) is 6.03. The Hall–Kier alpha value is -3.36. The predicted molar refractivity (Wildman–Crippen MR) is 119 cm³/mol. The van der Waals surface area contributed by atoms with E-state index in [-0.39, 0.29) is 15.7 Å². The molecular weight excluding hydrogens is 510 g/mol. The van der Waals surface area contributed by atoms with Gasteiger partial charge in [-0.15, -0.1) is 0 Å². The molecular formula is C20H13ClF2N6O3S2. The second-order valence-corrected chi connectivity index (χ2v) is 8.60. The number of halogens is 3.